The van der Waals surface area contributed by atoms with Crippen LogP contribution in [0, 0.1) is 0 Å². The Kier molecular flexibility index (Phi) is 4.93. The number of furan rings is 1. The van der Waals surface area contributed by atoms with E-state index in [9.17, 15) is 4.79 Å². The van der Waals surface area contributed by atoms with Gasteiger partial charge in [0.15, 0.2) is 0 Å². The Morgan fingerprint density at radius 2 is 2.29 bits per heavy atom. The third kappa shape index (κ3) is 4.49. The maximum atomic E-state index is 12.2. The fourth-order valence-corrected chi connectivity index (χ4v) is 2.43. The summed E-state index contributed by atoms with van der Waals surface area (Å²) in [5, 5.41) is 0. The summed E-state index contributed by atoms with van der Waals surface area (Å²) < 4.78 is 16.6. The molecule has 2 atom stereocenters. The van der Waals surface area contributed by atoms with Crippen LogP contribution in [0.3, 0.4) is 0 Å². The summed E-state index contributed by atoms with van der Waals surface area (Å²) in [6.45, 7) is 8.83. The fourth-order valence-electron chi connectivity index (χ4n) is 2.43. The van der Waals surface area contributed by atoms with Crippen LogP contribution in [-0.2, 0) is 9.47 Å². The molecule has 0 radical (unpaired) electrons. The second-order valence-electron chi connectivity index (χ2n) is 6.46. The number of likely N-dealkylation sites (tertiary alicyclic amines) is 1. The topological polar surface area (TPSA) is 51.9 Å². The van der Waals surface area contributed by atoms with Crippen molar-refractivity contribution in [1.82, 2.24) is 4.90 Å². The highest BCUT2D eigenvalue weighted by Crippen LogP contribution is 2.24. The van der Waals surface area contributed by atoms with Crippen molar-refractivity contribution in [2.24, 2.45) is 0 Å². The van der Waals surface area contributed by atoms with E-state index in [4.69, 9.17) is 13.9 Å². The molecule has 1 aliphatic rings. The van der Waals surface area contributed by atoms with E-state index < -0.39 is 5.60 Å². The maximum Gasteiger partial charge on any atom is 0.410 e. The van der Waals surface area contributed by atoms with Crippen LogP contribution in [0.25, 0.3) is 0 Å². The second-order valence-corrected chi connectivity index (χ2v) is 6.46. The van der Waals surface area contributed by atoms with Gasteiger partial charge in [0, 0.05) is 6.54 Å². The Bertz CT molecular complexity index is 449. The molecule has 1 aromatic rings. The maximum absolute atomic E-state index is 12.2. The first-order valence-electron chi connectivity index (χ1n) is 7.51. The SMILES string of the molecule is C[C@@H](OC[C@@H]1CCCN1C(=O)OC(C)(C)C)c1ccco1. The monoisotopic (exact) mass is 295 g/mol. The molecule has 0 unspecified atom stereocenters. The van der Waals surface area contributed by atoms with E-state index in [1.807, 2.05) is 39.8 Å². The lowest BCUT2D eigenvalue weighted by Crippen LogP contribution is -2.41. The van der Waals surface area contributed by atoms with E-state index in [1.54, 1.807) is 11.2 Å². The summed E-state index contributed by atoms with van der Waals surface area (Å²) in [7, 11) is 0. The molecule has 1 saturated heterocycles. The molecule has 0 aliphatic carbocycles. The first-order chi connectivity index (χ1) is 9.87. The van der Waals surface area contributed by atoms with Crippen molar-refractivity contribution >= 4 is 6.09 Å². The van der Waals surface area contributed by atoms with E-state index in [1.165, 1.54) is 0 Å². The molecule has 0 N–H and O–H groups in total. The molecule has 2 heterocycles. The molecule has 0 saturated carbocycles. The fraction of sp³-hybridized carbons (Fsp3) is 0.688. The van der Waals surface area contributed by atoms with E-state index in [-0.39, 0.29) is 18.2 Å². The van der Waals surface area contributed by atoms with Crippen LogP contribution in [0.1, 0.15) is 52.4 Å². The molecular formula is C16H25NO4. The van der Waals surface area contributed by atoms with Gasteiger partial charge in [-0.3, -0.25) is 0 Å². The van der Waals surface area contributed by atoms with Gasteiger partial charge < -0.3 is 18.8 Å². The molecule has 5 nitrogen and oxygen atoms in total. The predicted octanol–water partition coefficient (Wildman–Crippen LogP) is 3.76. The van der Waals surface area contributed by atoms with Gasteiger partial charge in [0.1, 0.15) is 17.5 Å². The van der Waals surface area contributed by atoms with Gasteiger partial charge in [0.2, 0.25) is 0 Å². The number of nitrogens with zero attached hydrogens (tertiary/aromatic N) is 1. The number of hydrogen-bond acceptors (Lipinski definition) is 4. The van der Waals surface area contributed by atoms with Crippen molar-refractivity contribution in [1.29, 1.82) is 0 Å². The number of ether oxygens (including phenoxy) is 2. The summed E-state index contributed by atoms with van der Waals surface area (Å²) in [6, 6.07) is 3.82. The lowest BCUT2D eigenvalue weighted by atomic mass is 10.2. The molecule has 2 rings (SSSR count). The Morgan fingerprint density at radius 1 is 1.52 bits per heavy atom. The molecule has 1 aromatic heterocycles. The number of hydrogen-bond donors (Lipinski definition) is 0. The van der Waals surface area contributed by atoms with Gasteiger partial charge >= 0.3 is 6.09 Å². The number of amides is 1. The largest absolute Gasteiger partial charge is 0.467 e. The van der Waals surface area contributed by atoms with Gasteiger partial charge in [-0.05, 0) is 52.7 Å². The van der Waals surface area contributed by atoms with Gasteiger partial charge in [-0.2, -0.15) is 0 Å². The molecule has 0 aromatic carbocycles. The summed E-state index contributed by atoms with van der Waals surface area (Å²) in [5.41, 5.74) is -0.466. The van der Waals surface area contributed by atoms with Gasteiger partial charge in [-0.25, -0.2) is 4.79 Å². The van der Waals surface area contributed by atoms with Crippen molar-refractivity contribution in [2.75, 3.05) is 13.2 Å². The molecule has 5 heteroatoms. The minimum atomic E-state index is -0.466. The first kappa shape index (κ1) is 15.9. The van der Waals surface area contributed by atoms with E-state index in [2.05, 4.69) is 0 Å². The molecule has 0 spiro atoms. The highest BCUT2D eigenvalue weighted by molar-refractivity contribution is 5.68. The Balaban J connectivity index is 1.86. The molecule has 21 heavy (non-hydrogen) atoms. The van der Waals surface area contributed by atoms with E-state index >= 15 is 0 Å². The Hall–Kier alpha value is -1.49. The van der Waals surface area contributed by atoms with Crippen LogP contribution in [0.5, 0.6) is 0 Å². The van der Waals surface area contributed by atoms with Crippen molar-refractivity contribution < 1.29 is 18.7 Å². The second kappa shape index (κ2) is 6.52. The zero-order valence-corrected chi connectivity index (χ0v) is 13.3. The molecule has 1 amide bonds. The molecule has 1 fully saturated rings. The van der Waals surface area contributed by atoms with Crippen molar-refractivity contribution in [3.8, 4) is 0 Å². The van der Waals surface area contributed by atoms with Gasteiger partial charge in [-0.15, -0.1) is 0 Å². The van der Waals surface area contributed by atoms with Gasteiger partial charge in [0.25, 0.3) is 0 Å². The third-order valence-corrected chi connectivity index (χ3v) is 3.49. The highest BCUT2D eigenvalue weighted by atomic mass is 16.6. The first-order valence-corrected chi connectivity index (χ1v) is 7.51. The predicted molar refractivity (Wildman–Crippen MR) is 79.0 cm³/mol. The zero-order chi connectivity index (χ0) is 15.5. The van der Waals surface area contributed by atoms with Crippen LogP contribution in [0.2, 0.25) is 0 Å². The Labute approximate surface area is 126 Å². The molecule has 118 valence electrons. The standard InChI is InChI=1S/C16H25NO4/c1-12(14-8-6-10-19-14)20-11-13-7-5-9-17(13)15(18)21-16(2,3)4/h6,8,10,12-13H,5,7,9,11H2,1-4H3/t12-,13+/m1/s1. The average molecular weight is 295 g/mol. The summed E-state index contributed by atoms with van der Waals surface area (Å²) in [4.78, 5) is 14.0. The van der Waals surface area contributed by atoms with E-state index in [0.717, 1.165) is 25.1 Å². The lowest BCUT2D eigenvalue weighted by molar-refractivity contribution is -0.00591. The molecule has 1 aliphatic heterocycles. The third-order valence-electron chi connectivity index (χ3n) is 3.49. The van der Waals surface area contributed by atoms with Crippen molar-refractivity contribution in [3.05, 3.63) is 24.2 Å². The van der Waals surface area contributed by atoms with Crippen LogP contribution < -0.4 is 0 Å². The smallest absolute Gasteiger partial charge is 0.410 e. The average Bonchev–Trinajstić information content (AvgIpc) is 3.04. The minimum absolute atomic E-state index is 0.0808. The van der Waals surface area contributed by atoms with Crippen LogP contribution in [0.4, 0.5) is 4.79 Å². The zero-order valence-electron chi connectivity index (χ0n) is 13.3. The van der Waals surface area contributed by atoms with Crippen molar-refractivity contribution in [3.63, 3.8) is 0 Å². The molecular weight excluding hydrogens is 270 g/mol. The number of carbonyl (C=O) groups excluding carboxylic acids is 1. The van der Waals surface area contributed by atoms with Crippen LogP contribution in [0.15, 0.2) is 22.8 Å². The minimum Gasteiger partial charge on any atom is -0.467 e. The van der Waals surface area contributed by atoms with Gasteiger partial charge in [0.05, 0.1) is 18.9 Å². The molecule has 0 bridgehead atoms. The van der Waals surface area contributed by atoms with Crippen molar-refractivity contribution in [2.45, 2.75) is 58.3 Å². The number of rotatable bonds is 4. The van der Waals surface area contributed by atoms with Gasteiger partial charge in [-0.1, -0.05) is 0 Å². The summed E-state index contributed by atoms with van der Waals surface area (Å²) >= 11 is 0. The Morgan fingerprint density at radius 3 is 2.90 bits per heavy atom. The quantitative estimate of drug-likeness (QED) is 0.848. The summed E-state index contributed by atoms with van der Waals surface area (Å²) in [5.74, 6) is 0.803. The number of carbonyl (C=O) groups is 1. The van der Waals surface area contributed by atoms with E-state index in [0.29, 0.717) is 6.61 Å². The normalized spacial score (nSPS) is 20.6. The lowest BCUT2D eigenvalue weighted by Gasteiger charge is -2.29. The summed E-state index contributed by atoms with van der Waals surface area (Å²) in [6.07, 6.45) is 3.21. The highest BCUT2D eigenvalue weighted by Gasteiger charge is 2.32. The van der Waals surface area contributed by atoms with Crippen LogP contribution in [-0.4, -0.2) is 35.8 Å². The van der Waals surface area contributed by atoms with Crippen LogP contribution >= 0.6 is 0 Å².